The van der Waals surface area contributed by atoms with Gasteiger partial charge in [-0.25, -0.2) is 9.18 Å². The van der Waals surface area contributed by atoms with E-state index in [0.717, 1.165) is 0 Å². The third-order valence-corrected chi connectivity index (χ3v) is 2.75. The maximum absolute atomic E-state index is 12.4. The van der Waals surface area contributed by atoms with Gasteiger partial charge in [-0.1, -0.05) is 18.2 Å². The van der Waals surface area contributed by atoms with Crippen molar-refractivity contribution in [1.29, 1.82) is 0 Å². The molecule has 0 atom stereocenters. The van der Waals surface area contributed by atoms with Crippen molar-refractivity contribution in [1.82, 2.24) is 4.57 Å². The minimum absolute atomic E-state index is 0.0959. The zero-order chi connectivity index (χ0) is 13.7. The highest BCUT2D eigenvalue weighted by atomic mass is 19.1. The molecule has 0 radical (unpaired) electrons. The summed E-state index contributed by atoms with van der Waals surface area (Å²) >= 11 is 0. The van der Waals surface area contributed by atoms with Gasteiger partial charge in [0.15, 0.2) is 0 Å². The number of carboxylic acids is 1. The molecule has 0 aliphatic carbocycles. The summed E-state index contributed by atoms with van der Waals surface area (Å²) in [4.78, 5) is 11.1. The summed E-state index contributed by atoms with van der Waals surface area (Å²) in [7, 11) is 0. The van der Waals surface area contributed by atoms with Gasteiger partial charge in [0.2, 0.25) is 0 Å². The molecule has 0 amide bonds. The number of carboxylic acid groups (broad SMARTS) is 1. The predicted octanol–water partition coefficient (Wildman–Crippen LogP) is 2.73. The SMILES string of the molecule is O=C(O)c1ccn(CCF)c1COc1ccccc1. The highest BCUT2D eigenvalue weighted by molar-refractivity contribution is 5.89. The van der Waals surface area contributed by atoms with Gasteiger partial charge < -0.3 is 14.4 Å². The second kappa shape index (κ2) is 6.04. The Balaban J connectivity index is 2.17. The number of ether oxygens (including phenoxy) is 1. The average molecular weight is 263 g/mol. The lowest BCUT2D eigenvalue weighted by Crippen LogP contribution is -2.11. The first-order valence-corrected chi connectivity index (χ1v) is 5.87. The average Bonchev–Trinajstić information content (AvgIpc) is 2.81. The van der Waals surface area contributed by atoms with E-state index in [0.29, 0.717) is 11.4 Å². The molecule has 5 heteroatoms. The Morgan fingerprint density at radius 2 is 2.00 bits per heavy atom. The van der Waals surface area contributed by atoms with E-state index in [1.165, 1.54) is 6.07 Å². The van der Waals surface area contributed by atoms with Crippen molar-refractivity contribution in [3.63, 3.8) is 0 Å². The molecule has 2 aromatic rings. The fraction of sp³-hybridized carbons (Fsp3) is 0.214. The Morgan fingerprint density at radius 3 is 2.63 bits per heavy atom. The van der Waals surface area contributed by atoms with E-state index in [9.17, 15) is 9.18 Å². The third-order valence-electron chi connectivity index (χ3n) is 2.75. The van der Waals surface area contributed by atoms with Gasteiger partial charge in [-0.3, -0.25) is 0 Å². The van der Waals surface area contributed by atoms with Crippen LogP contribution >= 0.6 is 0 Å². The topological polar surface area (TPSA) is 51.5 Å². The standard InChI is InChI=1S/C14H14FNO3/c15-7-9-16-8-6-12(14(17)18)13(16)10-19-11-4-2-1-3-5-11/h1-6,8H,7,9-10H2,(H,17,18). The van der Waals surface area contributed by atoms with E-state index in [4.69, 9.17) is 9.84 Å². The number of alkyl halides is 1. The summed E-state index contributed by atoms with van der Waals surface area (Å²) in [6.07, 6.45) is 1.56. The monoisotopic (exact) mass is 263 g/mol. The van der Waals surface area contributed by atoms with E-state index in [1.807, 2.05) is 18.2 Å². The largest absolute Gasteiger partial charge is 0.487 e. The van der Waals surface area contributed by atoms with Gasteiger partial charge in [0.1, 0.15) is 19.0 Å². The number of aryl methyl sites for hydroxylation is 1. The molecule has 1 aromatic carbocycles. The Kier molecular flexibility index (Phi) is 4.18. The van der Waals surface area contributed by atoms with Crippen LogP contribution in [0, 0.1) is 0 Å². The molecule has 4 nitrogen and oxygen atoms in total. The Labute approximate surface area is 110 Å². The van der Waals surface area contributed by atoms with E-state index >= 15 is 0 Å². The quantitative estimate of drug-likeness (QED) is 0.871. The summed E-state index contributed by atoms with van der Waals surface area (Å²) in [5, 5.41) is 9.08. The van der Waals surface area contributed by atoms with Gasteiger partial charge in [0, 0.05) is 6.20 Å². The van der Waals surface area contributed by atoms with E-state index in [-0.39, 0.29) is 18.7 Å². The van der Waals surface area contributed by atoms with Crippen LogP contribution in [0.25, 0.3) is 0 Å². The van der Waals surface area contributed by atoms with Crippen LogP contribution in [-0.4, -0.2) is 22.3 Å². The van der Waals surface area contributed by atoms with Gasteiger partial charge >= 0.3 is 5.97 Å². The molecule has 1 heterocycles. The van der Waals surface area contributed by atoms with E-state index in [2.05, 4.69) is 0 Å². The number of halogens is 1. The van der Waals surface area contributed by atoms with Crippen molar-refractivity contribution in [3.05, 3.63) is 53.9 Å². The number of aromatic carboxylic acids is 1. The lowest BCUT2D eigenvalue weighted by molar-refractivity contribution is 0.0693. The summed E-state index contributed by atoms with van der Waals surface area (Å²) in [5.74, 6) is -0.392. The molecule has 0 unspecified atom stereocenters. The molecular weight excluding hydrogens is 249 g/mol. The number of rotatable bonds is 6. The first-order chi connectivity index (χ1) is 9.22. The van der Waals surface area contributed by atoms with Gasteiger partial charge in [-0.15, -0.1) is 0 Å². The van der Waals surface area contributed by atoms with Crippen molar-refractivity contribution in [2.75, 3.05) is 6.67 Å². The molecule has 0 saturated carbocycles. The zero-order valence-electron chi connectivity index (χ0n) is 10.3. The number of nitrogens with zero attached hydrogens (tertiary/aromatic N) is 1. The molecule has 0 saturated heterocycles. The van der Waals surface area contributed by atoms with Gasteiger partial charge in [-0.2, -0.15) is 0 Å². The number of benzene rings is 1. The molecular formula is C14H14FNO3. The summed E-state index contributed by atoms with van der Waals surface area (Å²) < 4.78 is 19.5. The maximum atomic E-state index is 12.4. The maximum Gasteiger partial charge on any atom is 0.337 e. The first-order valence-electron chi connectivity index (χ1n) is 5.87. The van der Waals surface area contributed by atoms with Crippen molar-refractivity contribution in [2.24, 2.45) is 0 Å². The third kappa shape index (κ3) is 3.13. The lowest BCUT2D eigenvalue weighted by Gasteiger charge is -2.10. The zero-order valence-corrected chi connectivity index (χ0v) is 10.3. The Bertz CT molecular complexity index is 551. The van der Waals surface area contributed by atoms with Crippen LogP contribution < -0.4 is 4.74 Å². The van der Waals surface area contributed by atoms with E-state index in [1.54, 1.807) is 22.9 Å². The molecule has 0 aliphatic heterocycles. The fourth-order valence-corrected chi connectivity index (χ4v) is 1.83. The molecule has 19 heavy (non-hydrogen) atoms. The number of aromatic nitrogens is 1. The molecule has 0 aliphatic rings. The summed E-state index contributed by atoms with van der Waals surface area (Å²) in [6, 6.07) is 10.5. The second-order valence-corrected chi connectivity index (χ2v) is 3.97. The van der Waals surface area contributed by atoms with Crippen molar-refractivity contribution >= 4 is 5.97 Å². The molecule has 0 spiro atoms. The number of para-hydroxylation sites is 1. The van der Waals surface area contributed by atoms with Gasteiger partial charge in [0.25, 0.3) is 0 Å². The van der Waals surface area contributed by atoms with Crippen molar-refractivity contribution in [2.45, 2.75) is 13.2 Å². The van der Waals surface area contributed by atoms with Crippen molar-refractivity contribution in [3.8, 4) is 5.75 Å². The highest BCUT2D eigenvalue weighted by Crippen LogP contribution is 2.16. The van der Waals surface area contributed by atoms with Crippen LogP contribution in [0.5, 0.6) is 5.75 Å². The lowest BCUT2D eigenvalue weighted by atomic mass is 10.2. The number of hydrogen-bond donors (Lipinski definition) is 1. The number of hydrogen-bond acceptors (Lipinski definition) is 2. The summed E-state index contributed by atoms with van der Waals surface area (Å²) in [5.41, 5.74) is 0.610. The normalized spacial score (nSPS) is 10.4. The number of carbonyl (C=O) groups is 1. The predicted molar refractivity (Wildman–Crippen MR) is 68.1 cm³/mol. The minimum Gasteiger partial charge on any atom is -0.487 e. The highest BCUT2D eigenvalue weighted by Gasteiger charge is 2.15. The van der Waals surface area contributed by atoms with Crippen LogP contribution in [-0.2, 0) is 13.2 Å². The van der Waals surface area contributed by atoms with Crippen LogP contribution in [0.4, 0.5) is 4.39 Å². The van der Waals surface area contributed by atoms with Crippen molar-refractivity contribution < 1.29 is 19.0 Å². The molecule has 0 bridgehead atoms. The van der Waals surface area contributed by atoms with Crippen LogP contribution in [0.15, 0.2) is 42.6 Å². The molecule has 1 aromatic heterocycles. The minimum atomic E-state index is -1.04. The molecule has 100 valence electrons. The summed E-state index contributed by atoms with van der Waals surface area (Å²) in [6.45, 7) is -0.328. The molecule has 0 fully saturated rings. The van der Waals surface area contributed by atoms with E-state index < -0.39 is 12.6 Å². The fourth-order valence-electron chi connectivity index (χ4n) is 1.83. The van der Waals surface area contributed by atoms with Crippen LogP contribution in [0.1, 0.15) is 16.1 Å². The van der Waals surface area contributed by atoms with Crippen LogP contribution in [0.3, 0.4) is 0 Å². The van der Waals surface area contributed by atoms with Gasteiger partial charge in [0.05, 0.1) is 17.8 Å². The molecule has 1 N–H and O–H groups in total. The smallest absolute Gasteiger partial charge is 0.337 e. The molecule has 2 rings (SSSR count). The van der Waals surface area contributed by atoms with Crippen LogP contribution in [0.2, 0.25) is 0 Å². The first kappa shape index (κ1) is 13.1. The Hall–Kier alpha value is -2.30. The van der Waals surface area contributed by atoms with Gasteiger partial charge in [-0.05, 0) is 18.2 Å². The Morgan fingerprint density at radius 1 is 1.26 bits per heavy atom. The second-order valence-electron chi connectivity index (χ2n) is 3.97.